The highest BCUT2D eigenvalue weighted by atomic mass is 16.6. The lowest BCUT2D eigenvalue weighted by atomic mass is 10.1. The summed E-state index contributed by atoms with van der Waals surface area (Å²) in [7, 11) is 0. The first-order valence-corrected chi connectivity index (χ1v) is 9.33. The molecular weight excluding hydrogens is 372 g/mol. The van der Waals surface area contributed by atoms with E-state index in [1.54, 1.807) is 31.5 Å². The second kappa shape index (κ2) is 8.26. The zero-order chi connectivity index (χ0) is 21.1. The van der Waals surface area contributed by atoms with Crippen LogP contribution in [0.15, 0.2) is 36.5 Å². The first kappa shape index (κ1) is 20.2. The van der Waals surface area contributed by atoms with Gasteiger partial charge in [-0.2, -0.15) is 10.2 Å². The molecule has 0 fully saturated rings. The minimum absolute atomic E-state index is 0.00694. The van der Waals surface area contributed by atoms with Gasteiger partial charge in [-0.05, 0) is 26.3 Å². The van der Waals surface area contributed by atoms with Crippen LogP contribution in [-0.4, -0.2) is 30.4 Å². The van der Waals surface area contributed by atoms with E-state index in [0.29, 0.717) is 23.8 Å². The zero-order valence-electron chi connectivity index (χ0n) is 16.9. The second-order valence-corrected chi connectivity index (χ2v) is 7.24. The summed E-state index contributed by atoms with van der Waals surface area (Å²) in [5.74, 6) is -0.190. The van der Waals surface area contributed by atoms with Crippen LogP contribution in [-0.2, 0) is 17.9 Å². The Kier molecular flexibility index (Phi) is 5.76. The van der Waals surface area contributed by atoms with Crippen LogP contribution >= 0.6 is 0 Å². The molecule has 1 N–H and O–H groups in total. The Bertz CT molecular complexity index is 1050. The van der Waals surface area contributed by atoms with Crippen LogP contribution in [0.4, 0.5) is 11.5 Å². The highest BCUT2D eigenvalue weighted by molar-refractivity contribution is 5.91. The summed E-state index contributed by atoms with van der Waals surface area (Å²) in [5, 5.41) is 22.5. The number of carbonyl (C=O) groups is 1. The van der Waals surface area contributed by atoms with Crippen molar-refractivity contribution < 1.29 is 9.72 Å². The van der Waals surface area contributed by atoms with Gasteiger partial charge in [-0.15, -0.1) is 0 Å². The number of rotatable bonds is 7. The molecule has 3 aromatic rings. The molecule has 1 atom stereocenters. The van der Waals surface area contributed by atoms with Gasteiger partial charge in [0.2, 0.25) is 5.91 Å². The molecule has 0 bridgehead atoms. The summed E-state index contributed by atoms with van der Waals surface area (Å²) in [5.41, 5.74) is 3.09. The third-order valence-electron chi connectivity index (χ3n) is 4.74. The fourth-order valence-electron chi connectivity index (χ4n) is 3.24. The van der Waals surface area contributed by atoms with Gasteiger partial charge in [0.25, 0.3) is 0 Å². The zero-order valence-corrected chi connectivity index (χ0v) is 16.9. The molecule has 3 rings (SSSR count). The van der Waals surface area contributed by atoms with Crippen LogP contribution in [0.5, 0.6) is 0 Å². The van der Waals surface area contributed by atoms with E-state index in [4.69, 9.17) is 0 Å². The summed E-state index contributed by atoms with van der Waals surface area (Å²) >= 11 is 0. The summed E-state index contributed by atoms with van der Waals surface area (Å²) < 4.78 is 3.27. The number of hydrogen-bond acceptors (Lipinski definition) is 5. The number of amides is 1. The van der Waals surface area contributed by atoms with Crippen LogP contribution in [0.1, 0.15) is 29.4 Å². The molecule has 29 heavy (non-hydrogen) atoms. The van der Waals surface area contributed by atoms with E-state index in [0.717, 1.165) is 5.56 Å². The minimum Gasteiger partial charge on any atom is -0.309 e. The van der Waals surface area contributed by atoms with Gasteiger partial charge in [0.05, 0.1) is 23.9 Å². The van der Waals surface area contributed by atoms with E-state index in [-0.39, 0.29) is 18.1 Å². The third kappa shape index (κ3) is 4.68. The molecule has 9 nitrogen and oxygen atoms in total. The van der Waals surface area contributed by atoms with Gasteiger partial charge in [0.15, 0.2) is 5.82 Å². The molecule has 0 aliphatic rings. The van der Waals surface area contributed by atoms with E-state index >= 15 is 0 Å². The second-order valence-electron chi connectivity index (χ2n) is 7.24. The maximum atomic E-state index is 12.5. The first-order chi connectivity index (χ1) is 13.7. The van der Waals surface area contributed by atoms with E-state index < -0.39 is 10.8 Å². The van der Waals surface area contributed by atoms with E-state index in [9.17, 15) is 14.9 Å². The Morgan fingerprint density at radius 1 is 1.24 bits per heavy atom. The predicted molar refractivity (Wildman–Crippen MR) is 109 cm³/mol. The molecule has 0 saturated carbocycles. The number of anilines is 1. The fourth-order valence-corrected chi connectivity index (χ4v) is 3.24. The number of nitrogens with one attached hydrogen (secondary N) is 1. The van der Waals surface area contributed by atoms with Crippen molar-refractivity contribution in [2.75, 3.05) is 5.32 Å². The average Bonchev–Trinajstić information content (AvgIpc) is 3.18. The van der Waals surface area contributed by atoms with Crippen molar-refractivity contribution >= 4 is 17.4 Å². The lowest BCUT2D eigenvalue weighted by Crippen LogP contribution is -2.25. The van der Waals surface area contributed by atoms with Crippen LogP contribution in [0, 0.1) is 36.8 Å². The maximum Gasteiger partial charge on any atom is 0.312 e. The molecule has 152 valence electrons. The van der Waals surface area contributed by atoms with Gasteiger partial charge in [0.1, 0.15) is 11.4 Å². The monoisotopic (exact) mass is 396 g/mol. The number of nitro groups is 1. The largest absolute Gasteiger partial charge is 0.312 e. The molecule has 0 aliphatic carbocycles. The van der Waals surface area contributed by atoms with Crippen molar-refractivity contribution in [1.29, 1.82) is 0 Å². The Morgan fingerprint density at radius 3 is 2.66 bits per heavy atom. The quantitative estimate of drug-likeness (QED) is 0.487. The molecule has 1 amide bonds. The first-order valence-electron chi connectivity index (χ1n) is 9.33. The number of aryl methyl sites for hydroxylation is 2. The standard InChI is InChI=1S/C20H24N6O3/c1-13-6-5-7-17(10-13)12-24-9-8-18(23-24)21-20(27)14(2)11-25-16(4)19(26(28)29)15(3)22-25/h5-10,14H,11-12H2,1-4H3,(H,21,23,27). The molecule has 0 saturated heterocycles. The smallest absolute Gasteiger partial charge is 0.309 e. The Morgan fingerprint density at radius 2 is 2.00 bits per heavy atom. The maximum absolute atomic E-state index is 12.5. The van der Waals surface area contributed by atoms with Gasteiger partial charge >= 0.3 is 5.69 Å². The number of benzene rings is 1. The van der Waals surface area contributed by atoms with Crippen molar-refractivity contribution in [2.24, 2.45) is 5.92 Å². The van der Waals surface area contributed by atoms with Gasteiger partial charge in [-0.25, -0.2) is 0 Å². The molecule has 0 spiro atoms. The van der Waals surface area contributed by atoms with Gasteiger partial charge in [0, 0.05) is 12.3 Å². The summed E-state index contributed by atoms with van der Waals surface area (Å²) in [6.07, 6.45) is 1.81. The molecule has 2 aromatic heterocycles. The molecular formula is C20H24N6O3. The number of hydrogen-bond donors (Lipinski definition) is 1. The number of carbonyl (C=O) groups excluding carboxylic acids is 1. The van der Waals surface area contributed by atoms with Gasteiger partial charge in [-0.3, -0.25) is 24.3 Å². The van der Waals surface area contributed by atoms with Crippen molar-refractivity contribution in [3.8, 4) is 0 Å². The molecule has 9 heteroatoms. The highest BCUT2D eigenvalue weighted by Gasteiger charge is 2.24. The molecule has 1 aromatic carbocycles. The molecule has 2 heterocycles. The summed E-state index contributed by atoms with van der Waals surface area (Å²) in [6, 6.07) is 9.91. The Balaban J connectivity index is 1.62. The SMILES string of the molecule is Cc1cccc(Cn2ccc(NC(=O)C(C)Cn3nc(C)c([N+](=O)[O-])c3C)n2)c1. The molecule has 0 radical (unpaired) electrons. The molecule has 0 aliphatic heterocycles. The number of nitrogens with zero attached hydrogens (tertiary/aromatic N) is 5. The van der Waals surface area contributed by atoms with Crippen molar-refractivity contribution in [3.05, 3.63) is 69.2 Å². The van der Waals surface area contributed by atoms with Crippen LogP contribution in [0.25, 0.3) is 0 Å². The molecule has 1 unspecified atom stereocenters. The third-order valence-corrected chi connectivity index (χ3v) is 4.74. The number of aromatic nitrogens is 4. The highest BCUT2D eigenvalue weighted by Crippen LogP contribution is 2.22. The predicted octanol–water partition coefficient (Wildman–Crippen LogP) is 3.24. The Hall–Kier alpha value is -3.49. The fraction of sp³-hybridized carbons (Fsp3) is 0.350. The van der Waals surface area contributed by atoms with Crippen molar-refractivity contribution in [2.45, 2.75) is 40.8 Å². The van der Waals surface area contributed by atoms with Crippen LogP contribution in [0.2, 0.25) is 0 Å². The normalized spacial score (nSPS) is 12.0. The van der Waals surface area contributed by atoms with Crippen LogP contribution in [0.3, 0.4) is 0 Å². The van der Waals surface area contributed by atoms with Crippen molar-refractivity contribution in [1.82, 2.24) is 19.6 Å². The lowest BCUT2D eigenvalue weighted by molar-refractivity contribution is -0.386. The lowest BCUT2D eigenvalue weighted by Gasteiger charge is -2.12. The van der Waals surface area contributed by atoms with Gasteiger partial charge in [-0.1, -0.05) is 36.8 Å². The summed E-state index contributed by atoms with van der Waals surface area (Å²) in [6.45, 7) is 7.88. The van der Waals surface area contributed by atoms with Crippen molar-refractivity contribution in [3.63, 3.8) is 0 Å². The topological polar surface area (TPSA) is 108 Å². The minimum atomic E-state index is -0.445. The average molecular weight is 396 g/mol. The van der Waals surface area contributed by atoms with E-state index in [1.165, 1.54) is 10.2 Å². The van der Waals surface area contributed by atoms with Crippen LogP contribution < -0.4 is 5.32 Å². The van der Waals surface area contributed by atoms with E-state index in [2.05, 4.69) is 21.6 Å². The Labute approximate surface area is 168 Å². The van der Waals surface area contributed by atoms with Gasteiger partial charge < -0.3 is 5.32 Å². The summed E-state index contributed by atoms with van der Waals surface area (Å²) in [4.78, 5) is 23.2. The van der Waals surface area contributed by atoms with E-state index in [1.807, 2.05) is 31.3 Å².